The molecule has 32 heavy (non-hydrogen) atoms. The summed E-state index contributed by atoms with van der Waals surface area (Å²) in [6.07, 6.45) is 0. The van der Waals surface area contributed by atoms with E-state index in [1.807, 2.05) is 44.2 Å². The van der Waals surface area contributed by atoms with Gasteiger partial charge in [0.1, 0.15) is 0 Å². The predicted octanol–water partition coefficient (Wildman–Crippen LogP) is 3.60. The van der Waals surface area contributed by atoms with Crippen LogP contribution < -0.4 is 5.32 Å². The minimum absolute atomic E-state index is 0.101. The van der Waals surface area contributed by atoms with Gasteiger partial charge in [-0.2, -0.15) is 4.31 Å². The molecule has 4 rings (SSSR count). The quantitative estimate of drug-likeness (QED) is 0.553. The number of rotatable bonds is 6. The van der Waals surface area contributed by atoms with Crippen molar-refractivity contribution in [3.63, 3.8) is 0 Å². The molecule has 1 saturated heterocycles. The first kappa shape index (κ1) is 22.7. The molecule has 1 N–H and O–H groups in total. The average Bonchev–Trinajstić information content (AvgIpc) is 2.79. The summed E-state index contributed by atoms with van der Waals surface area (Å²) in [5, 5.41) is 4.43. The molecule has 2 heterocycles. The fourth-order valence-electron chi connectivity index (χ4n) is 3.55. The van der Waals surface area contributed by atoms with E-state index >= 15 is 0 Å². The Morgan fingerprint density at radius 2 is 1.84 bits per heavy atom. The Morgan fingerprint density at radius 3 is 2.59 bits per heavy atom. The van der Waals surface area contributed by atoms with Crippen LogP contribution in [0.4, 0.5) is 5.69 Å². The second-order valence-electron chi connectivity index (χ2n) is 7.62. The molecule has 7 nitrogen and oxygen atoms in total. The maximum atomic E-state index is 13.0. The number of thioether (sulfide) groups is 1. The van der Waals surface area contributed by atoms with E-state index in [1.54, 1.807) is 18.2 Å². The zero-order valence-electron chi connectivity index (χ0n) is 18.0. The summed E-state index contributed by atoms with van der Waals surface area (Å²) in [6, 6.07) is 14.5. The molecule has 9 heteroatoms. The lowest BCUT2D eigenvalue weighted by molar-refractivity contribution is -0.113. The first-order chi connectivity index (χ1) is 15.3. The average molecular weight is 472 g/mol. The number of fused-ring (bicyclic) bond motifs is 1. The molecule has 1 aliphatic rings. The van der Waals surface area contributed by atoms with Crippen molar-refractivity contribution < 1.29 is 17.9 Å². The molecule has 2 aromatic carbocycles. The van der Waals surface area contributed by atoms with Gasteiger partial charge in [0.05, 0.1) is 34.4 Å². The number of benzene rings is 2. The standard InChI is InChI=1S/C23H25N3O4S2/c1-16-5-3-4-6-20(16)24-22(27)15-31-23-13-17(2)19-14-18(7-8-21(19)25-23)32(28,29)26-9-11-30-12-10-26/h3-8,13-14H,9-12,15H2,1-2H3,(H,24,27). The number of ether oxygens (including phenoxy) is 1. The van der Waals surface area contributed by atoms with Gasteiger partial charge in [0.2, 0.25) is 15.9 Å². The minimum atomic E-state index is -3.57. The number of amides is 1. The third-order valence-electron chi connectivity index (χ3n) is 5.34. The number of pyridine rings is 1. The van der Waals surface area contributed by atoms with E-state index in [0.717, 1.165) is 27.2 Å². The first-order valence-corrected chi connectivity index (χ1v) is 12.7. The summed E-state index contributed by atoms with van der Waals surface area (Å²) < 4.78 is 32.6. The van der Waals surface area contributed by atoms with Gasteiger partial charge in [-0.1, -0.05) is 30.0 Å². The van der Waals surface area contributed by atoms with Crippen molar-refractivity contribution >= 4 is 44.3 Å². The van der Waals surface area contributed by atoms with Gasteiger partial charge in [-0.15, -0.1) is 0 Å². The summed E-state index contributed by atoms with van der Waals surface area (Å²) >= 11 is 1.35. The van der Waals surface area contributed by atoms with Crippen LogP contribution in [0.5, 0.6) is 0 Å². The summed E-state index contributed by atoms with van der Waals surface area (Å²) in [5.41, 5.74) is 3.42. The zero-order valence-corrected chi connectivity index (χ0v) is 19.6. The zero-order chi connectivity index (χ0) is 22.7. The van der Waals surface area contributed by atoms with Crippen molar-refractivity contribution in [1.29, 1.82) is 0 Å². The SMILES string of the molecule is Cc1ccccc1NC(=O)CSc1cc(C)c2cc(S(=O)(=O)N3CCOCC3)ccc2n1. The van der Waals surface area contributed by atoms with Crippen molar-refractivity contribution in [1.82, 2.24) is 9.29 Å². The van der Waals surface area contributed by atoms with Gasteiger partial charge >= 0.3 is 0 Å². The molecule has 3 aromatic rings. The Hall–Kier alpha value is -2.46. The highest BCUT2D eigenvalue weighted by Crippen LogP contribution is 2.27. The van der Waals surface area contributed by atoms with Crippen LogP contribution in [0, 0.1) is 13.8 Å². The number of carbonyl (C=O) groups excluding carboxylic acids is 1. The van der Waals surface area contributed by atoms with Crippen molar-refractivity contribution in [2.45, 2.75) is 23.8 Å². The largest absolute Gasteiger partial charge is 0.379 e. The van der Waals surface area contributed by atoms with Gasteiger partial charge in [0.25, 0.3) is 0 Å². The van der Waals surface area contributed by atoms with Crippen LogP contribution in [-0.2, 0) is 19.6 Å². The number of hydrogen-bond donors (Lipinski definition) is 1. The topological polar surface area (TPSA) is 88.6 Å². The lowest BCUT2D eigenvalue weighted by atomic mass is 10.1. The lowest BCUT2D eigenvalue weighted by Gasteiger charge is -2.26. The fourth-order valence-corrected chi connectivity index (χ4v) is 5.76. The normalized spacial score (nSPS) is 15.1. The van der Waals surface area contributed by atoms with E-state index in [1.165, 1.54) is 16.1 Å². The van der Waals surface area contributed by atoms with E-state index < -0.39 is 10.0 Å². The monoisotopic (exact) mass is 471 g/mol. The van der Waals surface area contributed by atoms with Gasteiger partial charge in [-0.25, -0.2) is 13.4 Å². The fraction of sp³-hybridized carbons (Fsp3) is 0.304. The Labute approximate surface area is 192 Å². The number of para-hydroxylation sites is 1. The molecule has 0 radical (unpaired) electrons. The first-order valence-electron chi connectivity index (χ1n) is 10.3. The summed E-state index contributed by atoms with van der Waals surface area (Å²) in [4.78, 5) is 17.2. The summed E-state index contributed by atoms with van der Waals surface area (Å²) in [5.74, 6) is 0.131. The number of hydrogen-bond acceptors (Lipinski definition) is 6. The van der Waals surface area contributed by atoms with E-state index in [4.69, 9.17) is 4.74 Å². The van der Waals surface area contributed by atoms with E-state index in [2.05, 4.69) is 10.3 Å². The molecule has 0 saturated carbocycles. The minimum Gasteiger partial charge on any atom is -0.379 e. The van der Waals surface area contributed by atoms with Gasteiger partial charge in [-0.05, 0) is 55.3 Å². The number of morpholine rings is 1. The van der Waals surface area contributed by atoms with Crippen LogP contribution >= 0.6 is 11.8 Å². The highest BCUT2D eigenvalue weighted by molar-refractivity contribution is 7.99. The molecule has 1 aromatic heterocycles. The number of nitrogens with one attached hydrogen (secondary N) is 1. The second kappa shape index (κ2) is 9.58. The number of carbonyl (C=O) groups is 1. The van der Waals surface area contributed by atoms with Crippen molar-refractivity contribution in [2.24, 2.45) is 0 Å². The molecule has 1 aliphatic heterocycles. The maximum Gasteiger partial charge on any atom is 0.243 e. The van der Waals surface area contributed by atoms with Gasteiger partial charge in [-0.3, -0.25) is 4.79 Å². The Kier molecular flexibility index (Phi) is 6.80. The van der Waals surface area contributed by atoms with Gasteiger partial charge in [0.15, 0.2) is 0 Å². The molecule has 0 unspecified atom stereocenters. The Morgan fingerprint density at radius 1 is 1.09 bits per heavy atom. The molecular formula is C23H25N3O4S2. The third-order valence-corrected chi connectivity index (χ3v) is 8.15. The Balaban J connectivity index is 1.50. The van der Waals surface area contributed by atoms with Crippen LogP contribution in [0.2, 0.25) is 0 Å². The molecule has 0 atom stereocenters. The number of sulfonamides is 1. The molecule has 1 amide bonds. The summed E-state index contributed by atoms with van der Waals surface area (Å²) in [6.45, 7) is 5.41. The van der Waals surface area contributed by atoms with Crippen LogP contribution in [0.15, 0.2) is 58.5 Å². The van der Waals surface area contributed by atoms with E-state index in [9.17, 15) is 13.2 Å². The smallest absolute Gasteiger partial charge is 0.243 e. The predicted molar refractivity (Wildman–Crippen MR) is 127 cm³/mol. The molecule has 0 spiro atoms. The van der Waals surface area contributed by atoms with Crippen molar-refractivity contribution in [3.05, 3.63) is 59.7 Å². The highest BCUT2D eigenvalue weighted by Gasteiger charge is 2.26. The van der Waals surface area contributed by atoms with E-state index in [0.29, 0.717) is 31.8 Å². The number of aryl methyl sites for hydroxylation is 2. The van der Waals surface area contributed by atoms with Gasteiger partial charge < -0.3 is 10.1 Å². The lowest BCUT2D eigenvalue weighted by Crippen LogP contribution is -2.40. The van der Waals surface area contributed by atoms with Crippen LogP contribution in [-0.4, -0.2) is 55.7 Å². The molecule has 1 fully saturated rings. The maximum absolute atomic E-state index is 13.0. The molecule has 0 bridgehead atoms. The second-order valence-corrected chi connectivity index (χ2v) is 10.6. The van der Waals surface area contributed by atoms with E-state index in [-0.39, 0.29) is 16.6 Å². The van der Waals surface area contributed by atoms with Gasteiger partial charge in [0, 0.05) is 24.2 Å². The number of aromatic nitrogens is 1. The molecular weight excluding hydrogens is 446 g/mol. The highest BCUT2D eigenvalue weighted by atomic mass is 32.2. The third kappa shape index (κ3) is 4.96. The number of anilines is 1. The van der Waals surface area contributed by atoms with Crippen LogP contribution in [0.25, 0.3) is 10.9 Å². The van der Waals surface area contributed by atoms with Crippen LogP contribution in [0.3, 0.4) is 0 Å². The molecule has 168 valence electrons. The Bertz CT molecular complexity index is 1260. The van der Waals surface area contributed by atoms with Crippen LogP contribution in [0.1, 0.15) is 11.1 Å². The van der Waals surface area contributed by atoms with Crippen molar-refractivity contribution in [2.75, 3.05) is 37.4 Å². The van der Waals surface area contributed by atoms with Crippen molar-refractivity contribution in [3.8, 4) is 0 Å². The molecule has 0 aliphatic carbocycles. The summed E-state index contributed by atoms with van der Waals surface area (Å²) in [7, 11) is -3.57. The number of nitrogens with zero attached hydrogens (tertiary/aromatic N) is 2.